The van der Waals surface area contributed by atoms with Gasteiger partial charge in [-0.1, -0.05) is 22.0 Å². The van der Waals surface area contributed by atoms with E-state index in [4.69, 9.17) is 0 Å². The molecule has 0 bridgehead atoms. The summed E-state index contributed by atoms with van der Waals surface area (Å²) in [6, 6.07) is 5.59. The number of H-pyrrole nitrogens is 1. The van der Waals surface area contributed by atoms with E-state index in [1.54, 1.807) is 12.4 Å². The first-order valence-electron chi connectivity index (χ1n) is 5.63. The summed E-state index contributed by atoms with van der Waals surface area (Å²) in [7, 11) is 0. The Kier molecular flexibility index (Phi) is 3.81. The zero-order chi connectivity index (χ0) is 13.1. The summed E-state index contributed by atoms with van der Waals surface area (Å²) in [6.07, 6.45) is 3.48. The number of aromatic nitrogens is 2. The molecular weight excluding hydrogens is 294 g/mol. The largest absolute Gasteiger partial charge is 0.345 e. The summed E-state index contributed by atoms with van der Waals surface area (Å²) < 4.78 is 0.897. The van der Waals surface area contributed by atoms with Crippen LogP contribution in [-0.4, -0.2) is 16.1 Å². The number of nitrogens with zero attached hydrogens (tertiary/aromatic N) is 1. The molecule has 1 unspecified atom stereocenters. The molecule has 1 aromatic heterocycles. The number of halogens is 1. The van der Waals surface area contributed by atoms with Gasteiger partial charge in [0.05, 0.1) is 12.2 Å². The Labute approximate surface area is 114 Å². The monoisotopic (exact) mass is 307 g/mol. The second kappa shape index (κ2) is 5.35. The molecule has 5 heteroatoms. The van der Waals surface area contributed by atoms with E-state index in [1.165, 1.54) is 0 Å². The maximum Gasteiger partial charge on any atom is 0.252 e. The predicted molar refractivity (Wildman–Crippen MR) is 73.3 cm³/mol. The second-order valence-electron chi connectivity index (χ2n) is 4.19. The fourth-order valence-corrected chi connectivity index (χ4v) is 2.06. The zero-order valence-corrected chi connectivity index (χ0v) is 11.8. The highest BCUT2D eigenvalue weighted by Gasteiger charge is 2.14. The summed E-state index contributed by atoms with van der Waals surface area (Å²) in [5, 5.41) is 9.55. The van der Waals surface area contributed by atoms with Crippen molar-refractivity contribution in [3.05, 3.63) is 51.8 Å². The summed E-state index contributed by atoms with van der Waals surface area (Å²) in [6.45, 7) is 3.85. The molecule has 1 heterocycles. The van der Waals surface area contributed by atoms with Gasteiger partial charge in [0, 0.05) is 21.8 Å². The third-order valence-corrected chi connectivity index (χ3v) is 3.30. The molecule has 2 N–H and O–H groups in total. The van der Waals surface area contributed by atoms with E-state index in [2.05, 4.69) is 31.4 Å². The summed E-state index contributed by atoms with van der Waals surface area (Å²) >= 11 is 3.37. The summed E-state index contributed by atoms with van der Waals surface area (Å²) in [4.78, 5) is 12.2. The maximum absolute atomic E-state index is 12.2. The van der Waals surface area contributed by atoms with Gasteiger partial charge < -0.3 is 5.32 Å². The highest BCUT2D eigenvalue weighted by Crippen LogP contribution is 2.17. The molecule has 0 saturated heterocycles. The maximum atomic E-state index is 12.2. The molecule has 4 nitrogen and oxygen atoms in total. The smallest absolute Gasteiger partial charge is 0.252 e. The molecule has 1 amide bonds. The minimum atomic E-state index is -0.0810. The van der Waals surface area contributed by atoms with Gasteiger partial charge in [-0.15, -0.1) is 0 Å². The molecule has 0 aliphatic heterocycles. The van der Waals surface area contributed by atoms with Crippen LogP contribution >= 0.6 is 15.9 Å². The van der Waals surface area contributed by atoms with E-state index in [1.807, 2.05) is 32.0 Å². The normalized spacial score (nSPS) is 12.2. The number of aryl methyl sites for hydroxylation is 1. The third-order valence-electron chi connectivity index (χ3n) is 2.81. The van der Waals surface area contributed by atoms with Crippen LogP contribution < -0.4 is 5.32 Å². The molecule has 94 valence electrons. The van der Waals surface area contributed by atoms with Crippen LogP contribution in [0.3, 0.4) is 0 Å². The number of aromatic amines is 1. The highest BCUT2D eigenvalue weighted by atomic mass is 79.9. The Balaban J connectivity index is 2.15. The van der Waals surface area contributed by atoms with E-state index in [0.29, 0.717) is 5.56 Å². The van der Waals surface area contributed by atoms with Gasteiger partial charge >= 0.3 is 0 Å². The van der Waals surface area contributed by atoms with Crippen molar-refractivity contribution in [1.29, 1.82) is 0 Å². The van der Waals surface area contributed by atoms with Crippen LogP contribution in [0.5, 0.6) is 0 Å². The van der Waals surface area contributed by atoms with Gasteiger partial charge in [0.25, 0.3) is 5.91 Å². The molecule has 0 saturated carbocycles. The molecule has 18 heavy (non-hydrogen) atoms. The summed E-state index contributed by atoms with van der Waals surface area (Å²) in [5.74, 6) is -0.0810. The van der Waals surface area contributed by atoms with Crippen molar-refractivity contribution in [2.24, 2.45) is 0 Å². The molecular formula is C13H14BrN3O. The first-order chi connectivity index (χ1) is 8.58. The van der Waals surface area contributed by atoms with Crippen molar-refractivity contribution in [3.63, 3.8) is 0 Å². The summed E-state index contributed by atoms with van der Waals surface area (Å²) in [5.41, 5.74) is 2.59. The molecule has 1 aromatic carbocycles. The van der Waals surface area contributed by atoms with Crippen LogP contribution in [0.1, 0.15) is 34.5 Å². The van der Waals surface area contributed by atoms with Crippen LogP contribution in [0, 0.1) is 6.92 Å². The van der Waals surface area contributed by atoms with Crippen LogP contribution in [-0.2, 0) is 0 Å². The average molecular weight is 308 g/mol. The number of rotatable bonds is 3. The number of hydrogen-bond donors (Lipinski definition) is 2. The van der Waals surface area contributed by atoms with Crippen LogP contribution in [0.4, 0.5) is 0 Å². The Morgan fingerprint density at radius 3 is 2.94 bits per heavy atom. The fourth-order valence-electron chi connectivity index (χ4n) is 1.69. The SMILES string of the molecule is Cc1ccc(Br)cc1C(=O)NC(C)c1cn[nH]c1. The number of nitrogens with one attached hydrogen (secondary N) is 2. The molecule has 0 aliphatic carbocycles. The molecule has 2 aromatic rings. The Hall–Kier alpha value is -1.62. The second-order valence-corrected chi connectivity index (χ2v) is 5.10. The quantitative estimate of drug-likeness (QED) is 0.916. The molecule has 0 fully saturated rings. The van der Waals surface area contributed by atoms with E-state index in [9.17, 15) is 4.79 Å². The van der Waals surface area contributed by atoms with Crippen molar-refractivity contribution in [3.8, 4) is 0 Å². The van der Waals surface area contributed by atoms with Gasteiger partial charge in [0.1, 0.15) is 0 Å². The average Bonchev–Trinajstić information content (AvgIpc) is 2.85. The van der Waals surface area contributed by atoms with Gasteiger partial charge in [-0.25, -0.2) is 0 Å². The van der Waals surface area contributed by atoms with Crippen LogP contribution in [0.15, 0.2) is 35.1 Å². The molecule has 0 aliphatic rings. The lowest BCUT2D eigenvalue weighted by atomic mass is 10.1. The van der Waals surface area contributed by atoms with Gasteiger partial charge in [-0.05, 0) is 31.5 Å². The lowest BCUT2D eigenvalue weighted by Gasteiger charge is -2.13. The number of benzene rings is 1. The van der Waals surface area contributed by atoms with Crippen molar-refractivity contribution in [2.45, 2.75) is 19.9 Å². The van der Waals surface area contributed by atoms with Gasteiger partial charge in [0.2, 0.25) is 0 Å². The number of hydrogen-bond acceptors (Lipinski definition) is 2. The van der Waals surface area contributed by atoms with Gasteiger partial charge in [0.15, 0.2) is 0 Å². The highest BCUT2D eigenvalue weighted by molar-refractivity contribution is 9.10. The number of carbonyl (C=O) groups excluding carboxylic acids is 1. The van der Waals surface area contributed by atoms with Crippen LogP contribution in [0.25, 0.3) is 0 Å². The fraction of sp³-hybridized carbons (Fsp3) is 0.231. The minimum Gasteiger partial charge on any atom is -0.345 e. The van der Waals surface area contributed by atoms with Crippen molar-refractivity contribution < 1.29 is 4.79 Å². The Morgan fingerprint density at radius 2 is 2.28 bits per heavy atom. The molecule has 0 radical (unpaired) electrons. The van der Waals surface area contributed by atoms with Gasteiger partial charge in [-0.3, -0.25) is 9.89 Å². The van der Waals surface area contributed by atoms with Crippen LogP contribution in [0.2, 0.25) is 0 Å². The molecule has 1 atom stereocenters. The Bertz CT molecular complexity index is 551. The molecule has 0 spiro atoms. The lowest BCUT2D eigenvalue weighted by Crippen LogP contribution is -2.27. The zero-order valence-electron chi connectivity index (χ0n) is 10.2. The third kappa shape index (κ3) is 2.79. The van der Waals surface area contributed by atoms with E-state index < -0.39 is 0 Å². The number of carbonyl (C=O) groups is 1. The minimum absolute atomic E-state index is 0.0744. The lowest BCUT2D eigenvalue weighted by molar-refractivity contribution is 0.0939. The van der Waals surface area contributed by atoms with E-state index >= 15 is 0 Å². The van der Waals surface area contributed by atoms with E-state index in [-0.39, 0.29) is 11.9 Å². The Morgan fingerprint density at radius 1 is 1.50 bits per heavy atom. The van der Waals surface area contributed by atoms with Crippen molar-refractivity contribution in [2.75, 3.05) is 0 Å². The number of amides is 1. The topological polar surface area (TPSA) is 57.8 Å². The van der Waals surface area contributed by atoms with Gasteiger partial charge in [-0.2, -0.15) is 5.10 Å². The molecule has 2 rings (SSSR count). The first kappa shape index (κ1) is 12.8. The van der Waals surface area contributed by atoms with Crippen molar-refractivity contribution >= 4 is 21.8 Å². The van der Waals surface area contributed by atoms with Crippen molar-refractivity contribution in [1.82, 2.24) is 15.5 Å². The standard InChI is InChI=1S/C13H14BrN3O/c1-8-3-4-11(14)5-12(8)13(18)17-9(2)10-6-15-16-7-10/h3-7,9H,1-2H3,(H,15,16)(H,17,18). The first-order valence-corrected chi connectivity index (χ1v) is 6.43. The predicted octanol–water partition coefficient (Wildman–Crippen LogP) is 2.97. The van der Waals surface area contributed by atoms with E-state index in [0.717, 1.165) is 15.6 Å².